The van der Waals surface area contributed by atoms with E-state index in [1.54, 1.807) is 24.3 Å². The number of carbonyl (C=O) groups is 1. The lowest BCUT2D eigenvalue weighted by molar-refractivity contribution is 0.0948. The van der Waals surface area contributed by atoms with Gasteiger partial charge in [-0.25, -0.2) is 8.42 Å². The van der Waals surface area contributed by atoms with Gasteiger partial charge in [-0.3, -0.25) is 9.10 Å². The molecule has 0 radical (unpaired) electrons. The van der Waals surface area contributed by atoms with Crippen molar-refractivity contribution in [2.45, 2.75) is 26.2 Å². The molecule has 1 heterocycles. The number of fused-ring (bicyclic) bond motifs is 1. The van der Waals surface area contributed by atoms with E-state index in [1.807, 2.05) is 6.07 Å². The number of hydrogen-bond donors (Lipinski definition) is 1. The van der Waals surface area contributed by atoms with Gasteiger partial charge in [-0.1, -0.05) is 49.4 Å². The third kappa shape index (κ3) is 4.90. The van der Waals surface area contributed by atoms with Crippen molar-refractivity contribution in [2.24, 2.45) is 5.92 Å². The number of carbonyl (C=O) groups excluding carboxylic acids is 1. The maximum atomic E-state index is 12.6. The molecule has 1 saturated heterocycles. The number of sulfonamides is 1. The summed E-state index contributed by atoms with van der Waals surface area (Å²) in [5.41, 5.74) is 2.45. The molecule has 0 aliphatic carbocycles. The van der Waals surface area contributed by atoms with Gasteiger partial charge < -0.3 is 5.32 Å². The zero-order chi connectivity index (χ0) is 21.8. The van der Waals surface area contributed by atoms with Crippen LogP contribution >= 0.6 is 0 Å². The van der Waals surface area contributed by atoms with Crippen molar-refractivity contribution in [1.29, 1.82) is 0 Å². The summed E-state index contributed by atoms with van der Waals surface area (Å²) in [6, 6.07) is 21.5. The molecule has 1 aliphatic rings. The van der Waals surface area contributed by atoms with Gasteiger partial charge in [0.1, 0.15) is 0 Å². The van der Waals surface area contributed by atoms with Crippen molar-refractivity contribution in [3.8, 4) is 0 Å². The lowest BCUT2D eigenvalue weighted by atomic mass is 9.96. The molecule has 6 heteroatoms. The Balaban J connectivity index is 1.36. The van der Waals surface area contributed by atoms with Crippen LogP contribution in [-0.4, -0.2) is 33.2 Å². The number of nitrogens with zero attached hydrogens (tertiary/aromatic N) is 1. The average molecular weight is 437 g/mol. The molecule has 1 fully saturated rings. The largest absolute Gasteiger partial charge is 0.352 e. The van der Waals surface area contributed by atoms with Crippen LogP contribution in [-0.2, 0) is 16.4 Å². The van der Waals surface area contributed by atoms with Gasteiger partial charge in [0.15, 0.2) is 0 Å². The fourth-order valence-electron chi connectivity index (χ4n) is 4.14. The third-order valence-corrected chi connectivity index (χ3v) is 7.70. The van der Waals surface area contributed by atoms with Crippen LogP contribution in [0.5, 0.6) is 0 Å². The summed E-state index contributed by atoms with van der Waals surface area (Å²) in [6.07, 6.45) is 2.44. The Morgan fingerprint density at radius 1 is 1.00 bits per heavy atom. The van der Waals surface area contributed by atoms with Gasteiger partial charge in [-0.15, -0.1) is 0 Å². The van der Waals surface area contributed by atoms with E-state index in [4.69, 9.17) is 0 Å². The summed E-state index contributed by atoms with van der Waals surface area (Å²) in [6.45, 7) is 3.20. The van der Waals surface area contributed by atoms with Gasteiger partial charge in [0.05, 0.1) is 11.4 Å². The molecule has 3 aromatic carbocycles. The van der Waals surface area contributed by atoms with Crippen LogP contribution < -0.4 is 9.62 Å². The smallest absolute Gasteiger partial charge is 0.251 e. The SMILES string of the molecule is C[C@@H](CNC(=O)c1ccc(N2CCCCS2(=O)=O)cc1)Cc1cccc2ccccc12. The molecule has 162 valence electrons. The highest BCUT2D eigenvalue weighted by molar-refractivity contribution is 7.92. The summed E-state index contributed by atoms with van der Waals surface area (Å²) in [7, 11) is -3.24. The molecule has 4 rings (SSSR count). The minimum Gasteiger partial charge on any atom is -0.352 e. The number of anilines is 1. The molecule has 0 unspecified atom stereocenters. The second-order valence-electron chi connectivity index (χ2n) is 8.30. The van der Waals surface area contributed by atoms with Gasteiger partial charge in [0, 0.05) is 18.7 Å². The average Bonchev–Trinajstić information content (AvgIpc) is 2.78. The molecule has 31 heavy (non-hydrogen) atoms. The van der Waals surface area contributed by atoms with Crippen LogP contribution in [0.15, 0.2) is 66.7 Å². The van der Waals surface area contributed by atoms with Crippen molar-refractivity contribution in [3.05, 3.63) is 77.9 Å². The van der Waals surface area contributed by atoms with Crippen molar-refractivity contribution < 1.29 is 13.2 Å². The predicted molar refractivity (Wildman–Crippen MR) is 126 cm³/mol. The number of rotatable bonds is 6. The highest BCUT2D eigenvalue weighted by atomic mass is 32.2. The summed E-state index contributed by atoms with van der Waals surface area (Å²) in [5, 5.41) is 5.50. The fraction of sp³-hybridized carbons (Fsp3) is 0.320. The summed E-state index contributed by atoms with van der Waals surface area (Å²) in [5.74, 6) is 0.328. The van der Waals surface area contributed by atoms with E-state index in [2.05, 4.69) is 48.6 Å². The Morgan fingerprint density at radius 2 is 1.74 bits per heavy atom. The van der Waals surface area contributed by atoms with E-state index in [9.17, 15) is 13.2 Å². The molecule has 3 aromatic rings. The maximum Gasteiger partial charge on any atom is 0.251 e. The molecule has 0 aromatic heterocycles. The molecule has 1 aliphatic heterocycles. The third-order valence-electron chi connectivity index (χ3n) is 5.83. The summed E-state index contributed by atoms with van der Waals surface area (Å²) in [4.78, 5) is 12.6. The van der Waals surface area contributed by atoms with E-state index >= 15 is 0 Å². The molecular weight excluding hydrogens is 408 g/mol. The Kier molecular flexibility index (Phi) is 6.28. The Morgan fingerprint density at radius 3 is 2.52 bits per heavy atom. The Hall–Kier alpha value is -2.86. The van der Waals surface area contributed by atoms with Crippen molar-refractivity contribution in [2.75, 3.05) is 23.1 Å². The molecule has 1 atom stereocenters. The standard InChI is InChI=1S/C25H28N2O3S/c1-19(17-22-9-6-8-20-7-2-3-10-24(20)22)18-26-25(28)21-11-13-23(14-12-21)27-15-4-5-16-31(27,29)30/h2-3,6-14,19H,4-5,15-18H2,1H3,(H,26,28)/t19-/m1/s1. The van der Waals surface area contributed by atoms with Gasteiger partial charge in [0.25, 0.3) is 5.91 Å². The first-order chi connectivity index (χ1) is 14.9. The highest BCUT2D eigenvalue weighted by Crippen LogP contribution is 2.24. The zero-order valence-corrected chi connectivity index (χ0v) is 18.6. The van der Waals surface area contributed by atoms with Crippen LogP contribution in [0.1, 0.15) is 35.7 Å². The summed E-state index contributed by atoms with van der Waals surface area (Å²) < 4.78 is 26.0. The minimum atomic E-state index is -3.24. The normalized spacial score (nSPS) is 16.7. The zero-order valence-electron chi connectivity index (χ0n) is 17.8. The Bertz CT molecular complexity index is 1170. The lowest BCUT2D eigenvalue weighted by Crippen LogP contribution is -2.37. The van der Waals surface area contributed by atoms with E-state index in [0.29, 0.717) is 30.8 Å². The maximum absolute atomic E-state index is 12.6. The highest BCUT2D eigenvalue weighted by Gasteiger charge is 2.26. The quantitative estimate of drug-likeness (QED) is 0.624. The molecular formula is C25H28N2O3S. The molecule has 0 spiro atoms. The molecule has 1 N–H and O–H groups in total. The second kappa shape index (κ2) is 9.10. The first-order valence-electron chi connectivity index (χ1n) is 10.8. The second-order valence-corrected chi connectivity index (χ2v) is 10.3. The molecule has 0 bridgehead atoms. The fourth-order valence-corrected chi connectivity index (χ4v) is 5.78. The minimum absolute atomic E-state index is 0.141. The van der Waals surface area contributed by atoms with Gasteiger partial charge in [-0.05, 0) is 65.8 Å². The first kappa shape index (κ1) is 21.4. The number of hydrogen-bond acceptors (Lipinski definition) is 3. The predicted octanol–water partition coefficient (Wildman–Crippen LogP) is 4.38. The summed E-state index contributed by atoms with van der Waals surface area (Å²) >= 11 is 0. The van der Waals surface area contributed by atoms with Crippen LogP contribution in [0.3, 0.4) is 0 Å². The van der Waals surface area contributed by atoms with Crippen LogP contribution in [0, 0.1) is 5.92 Å². The van der Waals surface area contributed by atoms with Crippen molar-refractivity contribution in [1.82, 2.24) is 5.32 Å². The van der Waals surface area contributed by atoms with E-state index in [0.717, 1.165) is 12.8 Å². The molecule has 0 saturated carbocycles. The van der Waals surface area contributed by atoms with Crippen molar-refractivity contribution in [3.63, 3.8) is 0 Å². The number of amides is 1. The van der Waals surface area contributed by atoms with Crippen LogP contribution in [0.25, 0.3) is 10.8 Å². The van der Waals surface area contributed by atoms with Gasteiger partial charge >= 0.3 is 0 Å². The number of benzene rings is 3. The number of nitrogens with one attached hydrogen (secondary N) is 1. The van der Waals surface area contributed by atoms with Crippen molar-refractivity contribution >= 4 is 32.4 Å². The van der Waals surface area contributed by atoms with Gasteiger partial charge in [-0.2, -0.15) is 0 Å². The molecule has 1 amide bonds. The van der Waals surface area contributed by atoms with E-state index in [-0.39, 0.29) is 17.6 Å². The lowest BCUT2D eigenvalue weighted by Gasteiger charge is -2.28. The monoisotopic (exact) mass is 436 g/mol. The first-order valence-corrected chi connectivity index (χ1v) is 12.4. The van der Waals surface area contributed by atoms with Gasteiger partial charge in [0.2, 0.25) is 10.0 Å². The van der Waals surface area contributed by atoms with Crippen LogP contribution in [0.4, 0.5) is 5.69 Å². The van der Waals surface area contributed by atoms with Crippen LogP contribution in [0.2, 0.25) is 0 Å². The Labute approximate surface area is 184 Å². The molecule has 5 nitrogen and oxygen atoms in total. The van der Waals surface area contributed by atoms with E-state index < -0.39 is 10.0 Å². The topological polar surface area (TPSA) is 66.5 Å². The van der Waals surface area contributed by atoms with E-state index in [1.165, 1.54) is 20.6 Å².